The molecule has 0 atom stereocenters. The zero-order valence-corrected chi connectivity index (χ0v) is 26.6. The molecule has 41 heavy (non-hydrogen) atoms. The van der Waals surface area contributed by atoms with Crippen LogP contribution >= 0.6 is 11.3 Å². The number of thiophene rings is 1. The average Bonchev–Trinajstić information content (AvgIpc) is 3.60. The molecule has 2 saturated carbocycles. The molecule has 2 aliphatic rings. The number of hydrogen-bond donors (Lipinski definition) is 0. The van der Waals surface area contributed by atoms with E-state index in [1.54, 1.807) is 11.1 Å². The maximum absolute atomic E-state index is 5.29. The van der Waals surface area contributed by atoms with Gasteiger partial charge in [-0.05, 0) is 72.9 Å². The molecule has 209 valence electrons. The van der Waals surface area contributed by atoms with Crippen LogP contribution in [0, 0.1) is 6.07 Å². The van der Waals surface area contributed by atoms with Crippen LogP contribution in [0.2, 0.25) is 0 Å². The fourth-order valence-electron chi connectivity index (χ4n) is 7.61. The molecule has 4 heteroatoms. The van der Waals surface area contributed by atoms with Gasteiger partial charge < -0.3 is 4.57 Å². The van der Waals surface area contributed by atoms with Crippen LogP contribution in [0.4, 0.5) is 0 Å². The molecule has 2 nitrogen and oxygen atoms in total. The van der Waals surface area contributed by atoms with Crippen LogP contribution in [-0.2, 0) is 20.1 Å². The second-order valence-electron chi connectivity index (χ2n) is 11.9. The van der Waals surface area contributed by atoms with Gasteiger partial charge in [0.25, 0.3) is 0 Å². The number of fused-ring (bicyclic) bond motifs is 4. The largest absolute Gasteiger partial charge is 0.333 e. The summed E-state index contributed by atoms with van der Waals surface area (Å²) in [6.07, 6.45) is 13.2. The SMILES string of the molecule is [Ir].[c-]1ccccc1-c1nc2ccccc2n1-c1c(C2CCCCC2)cc2c(sc3ccccc32)c1C1CCCCC1. The molecule has 2 aromatic heterocycles. The van der Waals surface area contributed by atoms with Gasteiger partial charge in [-0.15, -0.1) is 47.2 Å². The van der Waals surface area contributed by atoms with E-state index in [1.807, 2.05) is 17.4 Å². The molecule has 0 spiro atoms. The third kappa shape index (κ3) is 4.69. The van der Waals surface area contributed by atoms with Crippen molar-refractivity contribution in [2.45, 2.75) is 76.0 Å². The summed E-state index contributed by atoms with van der Waals surface area (Å²) < 4.78 is 5.47. The van der Waals surface area contributed by atoms with Crippen molar-refractivity contribution in [3.63, 3.8) is 0 Å². The van der Waals surface area contributed by atoms with Crippen LogP contribution in [0.15, 0.2) is 78.9 Å². The van der Waals surface area contributed by atoms with Crippen molar-refractivity contribution in [2.24, 2.45) is 0 Å². The number of nitrogens with zero attached hydrogens (tertiary/aromatic N) is 2. The van der Waals surface area contributed by atoms with Crippen LogP contribution in [0.5, 0.6) is 0 Å². The zero-order chi connectivity index (χ0) is 26.5. The topological polar surface area (TPSA) is 17.8 Å². The Morgan fingerprint density at radius 1 is 0.732 bits per heavy atom. The maximum Gasteiger partial charge on any atom is 0.0774 e. The van der Waals surface area contributed by atoms with E-state index < -0.39 is 0 Å². The molecule has 0 N–H and O–H groups in total. The second kappa shape index (κ2) is 11.5. The van der Waals surface area contributed by atoms with Crippen molar-refractivity contribution in [3.8, 4) is 17.1 Å². The zero-order valence-electron chi connectivity index (χ0n) is 23.4. The minimum atomic E-state index is 0. The quantitative estimate of drug-likeness (QED) is 0.165. The molecule has 8 rings (SSSR count). The summed E-state index contributed by atoms with van der Waals surface area (Å²) in [5.41, 5.74) is 7.94. The first-order chi connectivity index (χ1) is 19.9. The van der Waals surface area contributed by atoms with Gasteiger partial charge in [-0.1, -0.05) is 68.9 Å². The van der Waals surface area contributed by atoms with E-state index in [0.29, 0.717) is 11.8 Å². The van der Waals surface area contributed by atoms with Gasteiger partial charge in [0.2, 0.25) is 0 Å². The fourth-order valence-corrected chi connectivity index (χ4v) is 8.91. The van der Waals surface area contributed by atoms with Crippen LogP contribution in [-0.4, -0.2) is 9.55 Å². The standard InChI is InChI=1S/C37H35N2S.Ir/c1-4-14-25(15-5-1)29-24-30-28-20-10-13-23-33(28)40-36(30)34(26-16-6-2-7-17-26)35(29)39-32-22-12-11-21-31(32)38-37(39)27-18-8-3-9-19-27;/h3,8-13,18,20-26H,1-2,4-7,14-17H2;/q-1;. The minimum absolute atomic E-state index is 0. The molecule has 6 aromatic rings. The normalized spacial score (nSPS) is 16.9. The summed E-state index contributed by atoms with van der Waals surface area (Å²) >= 11 is 2.01. The van der Waals surface area contributed by atoms with Gasteiger partial charge >= 0.3 is 0 Å². The molecule has 2 aliphatic carbocycles. The van der Waals surface area contributed by atoms with Gasteiger partial charge in [-0.25, -0.2) is 0 Å². The number of hydrogen-bond acceptors (Lipinski definition) is 2. The van der Waals surface area contributed by atoms with Gasteiger partial charge in [0, 0.05) is 46.0 Å². The molecular weight excluding hydrogens is 697 g/mol. The minimum Gasteiger partial charge on any atom is -0.333 e. The maximum atomic E-state index is 5.29. The van der Waals surface area contributed by atoms with Gasteiger partial charge in [0.1, 0.15) is 0 Å². The number of rotatable bonds is 4. The summed E-state index contributed by atoms with van der Waals surface area (Å²) in [5, 5.41) is 2.90. The summed E-state index contributed by atoms with van der Waals surface area (Å²) in [6, 6.07) is 32.4. The smallest absolute Gasteiger partial charge is 0.0774 e. The van der Waals surface area contributed by atoms with E-state index in [2.05, 4.69) is 83.4 Å². The predicted molar refractivity (Wildman–Crippen MR) is 170 cm³/mol. The number of aromatic nitrogens is 2. The van der Waals surface area contributed by atoms with Crippen LogP contribution in [0.1, 0.15) is 87.2 Å². The fraction of sp³-hybridized carbons (Fsp3) is 0.324. The van der Waals surface area contributed by atoms with Gasteiger partial charge in [-0.2, -0.15) is 0 Å². The van der Waals surface area contributed by atoms with Crippen molar-refractivity contribution < 1.29 is 20.1 Å². The third-order valence-electron chi connectivity index (χ3n) is 9.50. The Balaban J connectivity index is 0.00000276. The van der Waals surface area contributed by atoms with Crippen molar-refractivity contribution in [1.82, 2.24) is 9.55 Å². The third-order valence-corrected chi connectivity index (χ3v) is 10.7. The van der Waals surface area contributed by atoms with Crippen molar-refractivity contribution >= 4 is 42.5 Å². The summed E-state index contributed by atoms with van der Waals surface area (Å²) in [4.78, 5) is 5.29. The van der Waals surface area contributed by atoms with E-state index in [-0.39, 0.29) is 20.1 Å². The van der Waals surface area contributed by atoms with E-state index in [0.717, 1.165) is 16.9 Å². The van der Waals surface area contributed by atoms with Gasteiger partial charge in [0.15, 0.2) is 0 Å². The van der Waals surface area contributed by atoms with E-state index in [1.165, 1.54) is 95.6 Å². The summed E-state index contributed by atoms with van der Waals surface area (Å²) in [6.45, 7) is 0. The Bertz CT molecular complexity index is 1820. The first-order valence-corrected chi connectivity index (χ1v) is 16.1. The van der Waals surface area contributed by atoms with Crippen molar-refractivity contribution in [2.75, 3.05) is 0 Å². The summed E-state index contributed by atoms with van der Waals surface area (Å²) in [5.74, 6) is 2.19. The molecule has 0 unspecified atom stereocenters. The van der Waals surface area contributed by atoms with Crippen molar-refractivity contribution in [1.29, 1.82) is 0 Å². The molecule has 2 fully saturated rings. The molecule has 0 amide bonds. The Morgan fingerprint density at radius 2 is 1.44 bits per heavy atom. The molecule has 0 bridgehead atoms. The molecule has 0 saturated heterocycles. The van der Waals surface area contributed by atoms with Crippen LogP contribution < -0.4 is 0 Å². The van der Waals surface area contributed by atoms with E-state index in [9.17, 15) is 0 Å². The Kier molecular flexibility index (Phi) is 7.58. The predicted octanol–water partition coefficient (Wildman–Crippen LogP) is 11.0. The Labute approximate surface area is 260 Å². The Hall–Kier alpha value is -2.78. The second-order valence-corrected chi connectivity index (χ2v) is 13.0. The van der Waals surface area contributed by atoms with Gasteiger partial charge in [0.05, 0.1) is 16.9 Å². The summed E-state index contributed by atoms with van der Waals surface area (Å²) in [7, 11) is 0. The first kappa shape index (κ1) is 27.1. The molecule has 4 aromatic carbocycles. The Morgan fingerprint density at radius 3 is 2.22 bits per heavy atom. The first-order valence-electron chi connectivity index (χ1n) is 15.3. The monoisotopic (exact) mass is 732 g/mol. The van der Waals surface area contributed by atoms with Crippen molar-refractivity contribution in [3.05, 3.63) is 96.1 Å². The molecule has 1 radical (unpaired) electrons. The number of imidazole rings is 1. The van der Waals surface area contributed by atoms with Gasteiger partial charge in [-0.3, -0.25) is 4.98 Å². The van der Waals surface area contributed by atoms with Crippen LogP contribution in [0.3, 0.4) is 0 Å². The van der Waals surface area contributed by atoms with Crippen LogP contribution in [0.25, 0.3) is 48.3 Å². The number of para-hydroxylation sites is 2. The molecule has 0 aliphatic heterocycles. The molecule has 2 heterocycles. The number of benzene rings is 4. The van der Waals surface area contributed by atoms with E-state index in [4.69, 9.17) is 4.98 Å². The average molecular weight is 732 g/mol. The van der Waals surface area contributed by atoms with E-state index >= 15 is 0 Å². The molecular formula is C37H35IrN2S-.